The number of aromatic nitrogens is 2. The number of aryl methyl sites for hydroxylation is 1. The molecule has 3 rings (SSSR count). The molecule has 1 N–H and O–H groups in total. The number of rotatable bonds is 1. The van der Waals surface area contributed by atoms with E-state index in [1.807, 2.05) is 12.1 Å². The monoisotopic (exact) mass is 228 g/mol. The average molecular weight is 228 g/mol. The third-order valence-electron chi connectivity index (χ3n) is 2.81. The van der Waals surface area contributed by atoms with Gasteiger partial charge in [0, 0.05) is 11.1 Å². The van der Waals surface area contributed by atoms with Gasteiger partial charge in [-0.25, -0.2) is 4.98 Å². The second kappa shape index (κ2) is 3.52. The molecule has 2 nitrogen and oxygen atoms in total. The van der Waals surface area contributed by atoms with Crippen molar-refractivity contribution in [3.8, 4) is 0 Å². The van der Waals surface area contributed by atoms with Crippen LogP contribution in [0.25, 0.3) is 21.9 Å². The van der Waals surface area contributed by atoms with Crippen LogP contribution in [0.1, 0.15) is 5.69 Å². The van der Waals surface area contributed by atoms with Crippen molar-refractivity contribution in [1.82, 2.24) is 9.97 Å². The van der Waals surface area contributed by atoms with Crippen LogP contribution in [0.4, 0.5) is 0 Å². The van der Waals surface area contributed by atoms with Crippen molar-refractivity contribution in [2.45, 2.75) is 11.8 Å². The fourth-order valence-corrected chi connectivity index (χ4v) is 2.78. The number of nitrogens with one attached hydrogen (secondary N) is 1. The number of H-pyrrole nitrogens is 1. The van der Waals surface area contributed by atoms with Gasteiger partial charge in [-0.2, -0.15) is 0 Å². The molecule has 0 saturated heterocycles. The lowest BCUT2D eigenvalue weighted by Crippen LogP contribution is -1.80. The van der Waals surface area contributed by atoms with Crippen molar-refractivity contribution in [3.05, 3.63) is 36.0 Å². The normalized spacial score (nSPS) is 11.4. The summed E-state index contributed by atoms with van der Waals surface area (Å²) in [7, 11) is 0. The van der Waals surface area contributed by atoms with Gasteiger partial charge in [0.25, 0.3) is 0 Å². The number of para-hydroxylation sites is 1. The van der Waals surface area contributed by atoms with Gasteiger partial charge in [-0.3, -0.25) is 0 Å². The van der Waals surface area contributed by atoms with Crippen LogP contribution < -0.4 is 0 Å². The predicted octanol–water partition coefficient (Wildman–Crippen LogP) is 3.75. The lowest BCUT2D eigenvalue weighted by molar-refractivity contribution is 1.23. The minimum atomic E-state index is 1.06. The molecule has 2 heterocycles. The third kappa shape index (κ3) is 1.32. The van der Waals surface area contributed by atoms with Gasteiger partial charge in [-0.05, 0) is 25.3 Å². The highest BCUT2D eigenvalue weighted by Crippen LogP contribution is 2.30. The summed E-state index contributed by atoms with van der Waals surface area (Å²) in [5.74, 6) is 0. The minimum absolute atomic E-state index is 1.06. The van der Waals surface area contributed by atoms with Crippen LogP contribution in [-0.2, 0) is 0 Å². The summed E-state index contributed by atoms with van der Waals surface area (Å²) in [5.41, 5.74) is 4.47. The molecule has 3 heteroatoms. The molecule has 0 unspecified atom stereocenters. The Hall–Kier alpha value is -1.48. The van der Waals surface area contributed by atoms with Gasteiger partial charge in [0.2, 0.25) is 0 Å². The molecule has 80 valence electrons. The number of pyridine rings is 1. The van der Waals surface area contributed by atoms with E-state index in [1.165, 1.54) is 16.0 Å². The highest BCUT2D eigenvalue weighted by molar-refractivity contribution is 7.98. The molecule has 0 amide bonds. The molecular formula is C13H12N2S. The lowest BCUT2D eigenvalue weighted by atomic mass is 10.2. The zero-order valence-electron chi connectivity index (χ0n) is 9.24. The van der Waals surface area contributed by atoms with Crippen molar-refractivity contribution in [1.29, 1.82) is 0 Å². The molecule has 0 fully saturated rings. The molecule has 0 spiro atoms. The van der Waals surface area contributed by atoms with E-state index in [2.05, 4.69) is 36.4 Å². The van der Waals surface area contributed by atoms with E-state index in [9.17, 15) is 0 Å². The van der Waals surface area contributed by atoms with Crippen molar-refractivity contribution in [2.24, 2.45) is 0 Å². The number of nitrogens with zero attached hydrogens (tertiary/aromatic N) is 1. The second-order valence-electron chi connectivity index (χ2n) is 3.86. The van der Waals surface area contributed by atoms with Gasteiger partial charge in [0.15, 0.2) is 0 Å². The van der Waals surface area contributed by atoms with Crippen molar-refractivity contribution in [3.63, 3.8) is 0 Å². The fraction of sp³-hybridized carbons (Fsp3) is 0.154. The molecule has 0 aliphatic rings. The van der Waals surface area contributed by atoms with Crippen molar-refractivity contribution < 1.29 is 0 Å². The van der Waals surface area contributed by atoms with E-state index in [-0.39, 0.29) is 0 Å². The Kier molecular flexibility index (Phi) is 2.14. The van der Waals surface area contributed by atoms with E-state index >= 15 is 0 Å². The SMILES string of the molecule is CSc1c(C)[nH]c2cc3ccccc3nc12. The summed E-state index contributed by atoms with van der Waals surface area (Å²) >= 11 is 1.75. The molecule has 0 aliphatic heterocycles. The zero-order valence-corrected chi connectivity index (χ0v) is 10.1. The number of hydrogen-bond donors (Lipinski definition) is 1. The first-order chi connectivity index (χ1) is 7.79. The number of hydrogen-bond acceptors (Lipinski definition) is 2. The van der Waals surface area contributed by atoms with Gasteiger partial charge >= 0.3 is 0 Å². The first-order valence-electron chi connectivity index (χ1n) is 5.21. The molecule has 1 aromatic carbocycles. The largest absolute Gasteiger partial charge is 0.356 e. The molecule has 0 bridgehead atoms. The number of fused-ring (bicyclic) bond motifs is 2. The minimum Gasteiger partial charge on any atom is -0.356 e. The first kappa shape index (κ1) is 9.73. The molecule has 16 heavy (non-hydrogen) atoms. The topological polar surface area (TPSA) is 28.7 Å². The van der Waals surface area contributed by atoms with Gasteiger partial charge < -0.3 is 4.98 Å². The summed E-state index contributed by atoms with van der Waals surface area (Å²) < 4.78 is 0. The second-order valence-corrected chi connectivity index (χ2v) is 4.68. The van der Waals surface area contributed by atoms with E-state index < -0.39 is 0 Å². The maximum absolute atomic E-state index is 4.72. The molecule has 0 saturated carbocycles. The molecule has 2 aromatic heterocycles. The Morgan fingerprint density at radius 1 is 1.25 bits per heavy atom. The first-order valence-corrected chi connectivity index (χ1v) is 6.44. The van der Waals surface area contributed by atoms with Crippen LogP contribution in [0.3, 0.4) is 0 Å². The van der Waals surface area contributed by atoms with Crippen molar-refractivity contribution in [2.75, 3.05) is 6.26 Å². The van der Waals surface area contributed by atoms with Crippen molar-refractivity contribution >= 4 is 33.7 Å². The Labute approximate surface area is 98.1 Å². The van der Waals surface area contributed by atoms with Gasteiger partial charge in [-0.15, -0.1) is 11.8 Å². The standard InChI is InChI=1S/C13H12N2S/c1-8-13(16-2)12-11(14-8)7-9-5-3-4-6-10(9)15-12/h3-7,14H,1-2H3. The van der Waals surface area contributed by atoms with Crippen LogP contribution in [0.15, 0.2) is 35.2 Å². The fourth-order valence-electron chi connectivity index (χ4n) is 2.07. The maximum Gasteiger partial charge on any atom is 0.102 e. The number of benzene rings is 1. The summed E-state index contributed by atoms with van der Waals surface area (Å²) in [5, 5.41) is 1.18. The van der Waals surface area contributed by atoms with Crippen LogP contribution in [0.2, 0.25) is 0 Å². The average Bonchev–Trinajstić information content (AvgIpc) is 2.60. The highest BCUT2D eigenvalue weighted by atomic mass is 32.2. The van der Waals surface area contributed by atoms with Crippen LogP contribution in [0, 0.1) is 6.92 Å². The summed E-state index contributed by atoms with van der Waals surface area (Å²) in [6, 6.07) is 10.4. The summed E-state index contributed by atoms with van der Waals surface area (Å²) in [6.45, 7) is 2.10. The predicted molar refractivity (Wildman–Crippen MR) is 70.1 cm³/mol. The number of aromatic amines is 1. The molecular weight excluding hydrogens is 216 g/mol. The Balaban J connectivity index is 2.46. The highest BCUT2D eigenvalue weighted by Gasteiger charge is 2.09. The molecule has 0 radical (unpaired) electrons. The van der Waals surface area contributed by atoms with Crippen LogP contribution in [-0.4, -0.2) is 16.2 Å². The smallest absolute Gasteiger partial charge is 0.102 e. The quantitative estimate of drug-likeness (QED) is 0.643. The number of thioether (sulfide) groups is 1. The molecule has 3 aromatic rings. The summed E-state index contributed by atoms with van der Waals surface area (Å²) in [6.07, 6.45) is 2.09. The van der Waals surface area contributed by atoms with E-state index in [0.717, 1.165) is 16.6 Å². The van der Waals surface area contributed by atoms with Gasteiger partial charge in [0.1, 0.15) is 5.52 Å². The van der Waals surface area contributed by atoms with Gasteiger partial charge in [0.05, 0.1) is 15.9 Å². The Bertz CT molecular complexity index is 670. The molecule has 0 atom stereocenters. The maximum atomic E-state index is 4.72. The molecule has 0 aliphatic carbocycles. The van der Waals surface area contributed by atoms with E-state index in [0.29, 0.717) is 0 Å². The van der Waals surface area contributed by atoms with Crippen LogP contribution >= 0.6 is 11.8 Å². The van der Waals surface area contributed by atoms with E-state index in [4.69, 9.17) is 4.98 Å². The van der Waals surface area contributed by atoms with E-state index in [1.54, 1.807) is 11.8 Å². The Morgan fingerprint density at radius 2 is 2.06 bits per heavy atom. The van der Waals surface area contributed by atoms with Gasteiger partial charge in [-0.1, -0.05) is 18.2 Å². The Morgan fingerprint density at radius 3 is 2.88 bits per heavy atom. The van der Waals surface area contributed by atoms with Crippen LogP contribution in [0.5, 0.6) is 0 Å². The third-order valence-corrected chi connectivity index (χ3v) is 3.71. The zero-order chi connectivity index (χ0) is 11.1. The summed E-state index contributed by atoms with van der Waals surface area (Å²) in [4.78, 5) is 9.35. The lowest BCUT2D eigenvalue weighted by Gasteiger charge is -1.98.